The van der Waals surface area contributed by atoms with Crippen LogP contribution < -0.4 is 10.1 Å². The number of carbonyl (C=O) groups is 1. The maximum atomic E-state index is 12.9. The van der Waals surface area contributed by atoms with Gasteiger partial charge in [-0.05, 0) is 49.4 Å². The summed E-state index contributed by atoms with van der Waals surface area (Å²) >= 11 is 12.9. The van der Waals surface area contributed by atoms with Crippen molar-refractivity contribution in [3.63, 3.8) is 0 Å². The first-order chi connectivity index (χ1) is 13.4. The third-order valence-electron chi connectivity index (χ3n) is 3.43. The average Bonchev–Trinajstić information content (AvgIpc) is 3.13. The molecule has 10 heteroatoms. The summed E-state index contributed by atoms with van der Waals surface area (Å²) in [6.45, 7) is 1.72. The Hall–Kier alpha value is -2.29. The van der Waals surface area contributed by atoms with Crippen molar-refractivity contribution in [2.24, 2.45) is 0 Å². The summed E-state index contributed by atoms with van der Waals surface area (Å²) in [5.74, 6) is 0.126. The first-order valence-corrected chi connectivity index (χ1v) is 9.78. The number of hydrogen-bond donors (Lipinski definition) is 1. The van der Waals surface area contributed by atoms with Crippen LogP contribution in [-0.2, 0) is 4.79 Å². The van der Waals surface area contributed by atoms with Crippen molar-refractivity contribution in [2.45, 2.75) is 18.3 Å². The Bertz CT molecular complexity index is 969. The molecule has 3 rings (SSSR count). The predicted octanol–water partition coefficient (Wildman–Crippen LogP) is 5.39. The van der Waals surface area contributed by atoms with Gasteiger partial charge < -0.3 is 14.5 Å². The molecule has 28 heavy (non-hydrogen) atoms. The molecule has 0 aliphatic carbocycles. The second-order valence-corrected chi connectivity index (χ2v) is 7.35. The number of ether oxygens (including phenoxy) is 1. The van der Waals surface area contributed by atoms with Crippen LogP contribution in [0.2, 0.25) is 10.0 Å². The van der Waals surface area contributed by atoms with Crippen molar-refractivity contribution >= 4 is 46.6 Å². The summed E-state index contributed by atoms with van der Waals surface area (Å²) in [7, 11) is 0. The number of amides is 1. The molecule has 1 heterocycles. The summed E-state index contributed by atoms with van der Waals surface area (Å²) in [6, 6.07) is 10.4. The summed E-state index contributed by atoms with van der Waals surface area (Å²) in [5, 5.41) is 11.5. The van der Waals surface area contributed by atoms with Gasteiger partial charge in [-0.15, -0.1) is 10.2 Å². The van der Waals surface area contributed by atoms with E-state index in [2.05, 4.69) is 15.5 Å². The number of benzene rings is 2. The molecule has 2 aromatic carbocycles. The molecule has 0 saturated carbocycles. The fraction of sp³-hybridized carbons (Fsp3) is 0.167. The van der Waals surface area contributed by atoms with Crippen LogP contribution in [0.1, 0.15) is 18.9 Å². The Balaban J connectivity index is 1.52. The van der Waals surface area contributed by atoms with Gasteiger partial charge in [0.15, 0.2) is 6.10 Å². The molecular weight excluding hydrogens is 428 g/mol. The molecule has 1 aromatic heterocycles. The Morgan fingerprint density at radius 2 is 2.00 bits per heavy atom. The second-order valence-electron chi connectivity index (χ2n) is 5.58. The van der Waals surface area contributed by atoms with Gasteiger partial charge >= 0.3 is 0 Å². The zero-order valence-corrected chi connectivity index (χ0v) is 16.8. The first kappa shape index (κ1) is 20.4. The lowest BCUT2D eigenvalue weighted by atomic mass is 10.3. The Morgan fingerprint density at radius 1 is 1.25 bits per heavy atom. The molecule has 0 bridgehead atoms. The number of anilines is 1. The standard InChI is InChI=1S/C18H14Cl2FN3O3S/c1-10(26-13-5-3-12(21)4-6-13)17-23-24-18(27-17)28-9-16(25)22-15-7-2-11(19)8-14(15)20/h2-8,10H,9H2,1H3,(H,22,25)/t10-/m0/s1. The van der Waals surface area contributed by atoms with Crippen molar-refractivity contribution in [3.05, 3.63) is 64.2 Å². The molecule has 146 valence electrons. The van der Waals surface area contributed by atoms with Gasteiger partial charge in [-0.1, -0.05) is 35.0 Å². The van der Waals surface area contributed by atoms with Crippen molar-refractivity contribution in [2.75, 3.05) is 11.1 Å². The third kappa shape index (κ3) is 5.60. The van der Waals surface area contributed by atoms with Gasteiger partial charge in [-0.3, -0.25) is 4.79 Å². The number of rotatable bonds is 7. The summed E-state index contributed by atoms with van der Waals surface area (Å²) in [5.41, 5.74) is 0.462. The Labute approximate surface area is 174 Å². The van der Waals surface area contributed by atoms with Gasteiger partial charge in [0.25, 0.3) is 11.1 Å². The predicted molar refractivity (Wildman–Crippen MR) is 106 cm³/mol. The average molecular weight is 442 g/mol. The fourth-order valence-electron chi connectivity index (χ4n) is 2.12. The molecule has 0 aliphatic heterocycles. The maximum Gasteiger partial charge on any atom is 0.277 e. The van der Waals surface area contributed by atoms with Gasteiger partial charge in [-0.25, -0.2) is 4.39 Å². The van der Waals surface area contributed by atoms with Crippen LogP contribution in [0.15, 0.2) is 52.1 Å². The minimum absolute atomic E-state index is 0.0494. The normalized spacial score (nSPS) is 11.9. The molecule has 0 spiro atoms. The molecule has 6 nitrogen and oxygen atoms in total. The first-order valence-electron chi connectivity index (χ1n) is 8.04. The van der Waals surface area contributed by atoms with Gasteiger partial charge in [-0.2, -0.15) is 0 Å². The molecule has 0 saturated heterocycles. The molecule has 0 aliphatic rings. The van der Waals surface area contributed by atoms with Crippen molar-refractivity contribution in [1.82, 2.24) is 10.2 Å². The zero-order valence-electron chi connectivity index (χ0n) is 14.5. The quantitative estimate of drug-likeness (QED) is 0.495. The van der Waals surface area contributed by atoms with E-state index in [1.807, 2.05) is 0 Å². The molecule has 3 aromatic rings. The van der Waals surface area contributed by atoms with E-state index in [4.69, 9.17) is 32.4 Å². The van der Waals surface area contributed by atoms with E-state index >= 15 is 0 Å². The molecule has 0 radical (unpaired) electrons. The van der Waals surface area contributed by atoms with E-state index in [0.29, 0.717) is 21.5 Å². The van der Waals surface area contributed by atoms with Crippen LogP contribution in [0, 0.1) is 5.82 Å². The maximum absolute atomic E-state index is 12.9. The number of nitrogens with one attached hydrogen (secondary N) is 1. The molecule has 1 N–H and O–H groups in total. The largest absolute Gasteiger partial charge is 0.481 e. The number of nitrogens with zero attached hydrogens (tertiary/aromatic N) is 2. The number of thioether (sulfide) groups is 1. The highest BCUT2D eigenvalue weighted by Gasteiger charge is 2.17. The van der Waals surface area contributed by atoms with Crippen molar-refractivity contribution in [1.29, 1.82) is 0 Å². The van der Waals surface area contributed by atoms with E-state index in [9.17, 15) is 9.18 Å². The molecule has 0 unspecified atom stereocenters. The van der Waals surface area contributed by atoms with E-state index in [-0.39, 0.29) is 28.6 Å². The minimum atomic E-state index is -0.533. The van der Waals surface area contributed by atoms with E-state index in [0.717, 1.165) is 11.8 Å². The van der Waals surface area contributed by atoms with Crippen molar-refractivity contribution in [3.8, 4) is 5.75 Å². The Kier molecular flexibility index (Phi) is 6.77. The SMILES string of the molecule is C[C@H](Oc1ccc(F)cc1)c1nnc(SCC(=O)Nc2ccc(Cl)cc2Cl)o1. The van der Waals surface area contributed by atoms with Gasteiger partial charge in [0, 0.05) is 5.02 Å². The third-order valence-corrected chi connectivity index (χ3v) is 4.79. The van der Waals surface area contributed by atoms with E-state index in [1.54, 1.807) is 25.1 Å². The van der Waals surface area contributed by atoms with Crippen LogP contribution in [0.25, 0.3) is 0 Å². The highest BCUT2D eigenvalue weighted by atomic mass is 35.5. The highest BCUT2D eigenvalue weighted by Crippen LogP contribution is 2.27. The molecule has 1 amide bonds. The smallest absolute Gasteiger partial charge is 0.277 e. The number of carbonyl (C=O) groups excluding carboxylic acids is 1. The lowest BCUT2D eigenvalue weighted by Crippen LogP contribution is -2.14. The van der Waals surface area contributed by atoms with E-state index < -0.39 is 6.10 Å². The summed E-state index contributed by atoms with van der Waals surface area (Å²) in [4.78, 5) is 12.1. The van der Waals surface area contributed by atoms with Gasteiger partial charge in [0.2, 0.25) is 5.91 Å². The number of hydrogen-bond acceptors (Lipinski definition) is 6. The number of halogens is 3. The lowest BCUT2D eigenvalue weighted by molar-refractivity contribution is -0.113. The monoisotopic (exact) mass is 441 g/mol. The topological polar surface area (TPSA) is 77.2 Å². The van der Waals surface area contributed by atoms with Gasteiger partial charge in [0.1, 0.15) is 11.6 Å². The summed E-state index contributed by atoms with van der Waals surface area (Å²) < 4.78 is 24.1. The van der Waals surface area contributed by atoms with Crippen LogP contribution in [0.5, 0.6) is 5.75 Å². The number of aromatic nitrogens is 2. The highest BCUT2D eigenvalue weighted by molar-refractivity contribution is 7.99. The second kappa shape index (κ2) is 9.27. The van der Waals surface area contributed by atoms with Crippen molar-refractivity contribution < 1.29 is 18.3 Å². The van der Waals surface area contributed by atoms with Crippen LogP contribution in [0.3, 0.4) is 0 Å². The van der Waals surface area contributed by atoms with Crippen LogP contribution in [0.4, 0.5) is 10.1 Å². The molecular formula is C18H14Cl2FN3O3S. The summed E-state index contributed by atoms with van der Waals surface area (Å²) in [6.07, 6.45) is -0.533. The fourth-order valence-corrected chi connectivity index (χ4v) is 3.14. The van der Waals surface area contributed by atoms with Crippen LogP contribution >= 0.6 is 35.0 Å². The minimum Gasteiger partial charge on any atom is -0.481 e. The molecule has 0 fully saturated rings. The van der Waals surface area contributed by atoms with Crippen LogP contribution in [-0.4, -0.2) is 21.9 Å². The molecule has 1 atom stereocenters. The van der Waals surface area contributed by atoms with Gasteiger partial charge in [0.05, 0.1) is 16.5 Å². The van der Waals surface area contributed by atoms with E-state index in [1.165, 1.54) is 24.3 Å². The Morgan fingerprint density at radius 3 is 2.71 bits per heavy atom. The lowest BCUT2D eigenvalue weighted by Gasteiger charge is -2.10. The zero-order chi connectivity index (χ0) is 20.1.